The lowest BCUT2D eigenvalue weighted by molar-refractivity contribution is -0.116. The van der Waals surface area contributed by atoms with Gasteiger partial charge < -0.3 is 34.2 Å². The molecule has 2 N–H and O–H groups in total. The fourth-order valence-corrected chi connectivity index (χ4v) is 3.24. The average Bonchev–Trinajstić information content (AvgIpc) is 3.31. The van der Waals surface area contributed by atoms with E-state index in [1.54, 1.807) is 18.2 Å². The van der Waals surface area contributed by atoms with Crippen LogP contribution in [-0.2, 0) is 9.53 Å². The van der Waals surface area contributed by atoms with Gasteiger partial charge in [-0.2, -0.15) is 0 Å². The lowest BCUT2D eigenvalue weighted by atomic mass is 10.2. The molecule has 0 radical (unpaired) electrons. The number of anilines is 2. The van der Waals surface area contributed by atoms with E-state index in [-0.39, 0.29) is 30.5 Å². The van der Waals surface area contributed by atoms with Crippen molar-refractivity contribution in [3.8, 4) is 11.5 Å². The Balaban J connectivity index is 1.68. The maximum atomic E-state index is 12.5. The summed E-state index contributed by atoms with van der Waals surface area (Å²) in [6.07, 6.45) is 1.53. The lowest BCUT2D eigenvalue weighted by Crippen LogP contribution is -2.36. The normalized spacial score (nSPS) is 13.5. The minimum Gasteiger partial charge on any atom is -0.492 e. The molecule has 2 amide bonds. The third-order valence-corrected chi connectivity index (χ3v) is 4.67. The van der Waals surface area contributed by atoms with Crippen LogP contribution in [0.1, 0.15) is 30.8 Å². The van der Waals surface area contributed by atoms with Crippen LogP contribution in [0, 0.1) is 0 Å². The highest BCUT2D eigenvalue weighted by atomic mass is 16.5. The van der Waals surface area contributed by atoms with Crippen molar-refractivity contribution in [2.45, 2.75) is 20.3 Å². The van der Waals surface area contributed by atoms with Crippen LogP contribution in [-0.4, -0.2) is 57.9 Å². The highest BCUT2D eigenvalue weighted by Gasteiger charge is 2.20. The van der Waals surface area contributed by atoms with Gasteiger partial charge in [0.05, 0.1) is 44.1 Å². The fraction of sp³-hybridized carbons (Fsp3) is 0.455. The Labute approximate surface area is 181 Å². The molecule has 9 heteroatoms. The Morgan fingerprint density at radius 3 is 2.52 bits per heavy atom. The highest BCUT2D eigenvalue weighted by molar-refractivity contribution is 5.95. The summed E-state index contributed by atoms with van der Waals surface area (Å²) >= 11 is 0. The quantitative estimate of drug-likeness (QED) is 0.596. The summed E-state index contributed by atoms with van der Waals surface area (Å²) in [6.45, 7) is 7.75. The molecule has 3 rings (SSSR count). The Kier molecular flexibility index (Phi) is 8.17. The molecule has 0 saturated carbocycles. The Morgan fingerprint density at radius 2 is 1.84 bits per heavy atom. The van der Waals surface area contributed by atoms with Crippen molar-refractivity contribution in [1.82, 2.24) is 5.32 Å². The molecule has 1 aromatic heterocycles. The van der Waals surface area contributed by atoms with Crippen LogP contribution in [0.5, 0.6) is 11.5 Å². The van der Waals surface area contributed by atoms with Crippen LogP contribution in [0.4, 0.5) is 11.4 Å². The number of carbonyl (C=O) groups excluding carboxylic acids is 2. The largest absolute Gasteiger partial charge is 0.492 e. The average molecular weight is 431 g/mol. The van der Waals surface area contributed by atoms with Crippen molar-refractivity contribution in [3.05, 3.63) is 36.3 Å². The number of hydrogen-bond donors (Lipinski definition) is 2. The van der Waals surface area contributed by atoms with Crippen molar-refractivity contribution in [1.29, 1.82) is 0 Å². The van der Waals surface area contributed by atoms with E-state index in [1.165, 1.54) is 6.26 Å². The van der Waals surface area contributed by atoms with Gasteiger partial charge in [-0.05, 0) is 26.0 Å². The lowest BCUT2D eigenvalue weighted by Gasteiger charge is -2.31. The summed E-state index contributed by atoms with van der Waals surface area (Å²) in [5.41, 5.74) is 1.45. The van der Waals surface area contributed by atoms with Gasteiger partial charge in [-0.15, -0.1) is 0 Å². The third-order valence-electron chi connectivity index (χ3n) is 4.67. The number of amides is 2. The molecule has 0 aliphatic carbocycles. The van der Waals surface area contributed by atoms with Crippen molar-refractivity contribution >= 4 is 23.2 Å². The molecule has 9 nitrogen and oxygen atoms in total. The van der Waals surface area contributed by atoms with Gasteiger partial charge >= 0.3 is 0 Å². The second-order valence-electron chi connectivity index (χ2n) is 6.81. The molecular weight excluding hydrogens is 402 g/mol. The number of rotatable bonds is 10. The van der Waals surface area contributed by atoms with Gasteiger partial charge in [-0.1, -0.05) is 0 Å². The van der Waals surface area contributed by atoms with E-state index in [9.17, 15) is 9.59 Å². The number of carbonyl (C=O) groups is 2. The maximum absolute atomic E-state index is 12.5. The van der Waals surface area contributed by atoms with Gasteiger partial charge in [0, 0.05) is 38.2 Å². The van der Waals surface area contributed by atoms with Crippen molar-refractivity contribution in [2.75, 3.05) is 56.3 Å². The molecule has 2 heterocycles. The summed E-state index contributed by atoms with van der Waals surface area (Å²) in [4.78, 5) is 26.6. The standard InChI is InChI=1S/C22H29N3O6/c1-3-29-19-15-17(25-9-12-28-13-10-25)20(30-4-2)14-16(19)24-21(26)7-8-23-22(27)18-6-5-11-31-18/h5-6,11,14-15H,3-4,7-10,12-13H2,1-2H3,(H,23,27)(H,24,26). The molecule has 1 aliphatic heterocycles. The molecule has 0 spiro atoms. The van der Waals surface area contributed by atoms with Gasteiger partial charge in [-0.3, -0.25) is 9.59 Å². The Morgan fingerprint density at radius 1 is 1.10 bits per heavy atom. The van der Waals surface area contributed by atoms with E-state index in [0.29, 0.717) is 43.6 Å². The Bertz CT molecular complexity index is 862. The van der Waals surface area contributed by atoms with E-state index in [2.05, 4.69) is 15.5 Å². The SMILES string of the molecule is CCOc1cc(N2CCOCC2)c(OCC)cc1NC(=O)CCNC(=O)c1ccco1. The van der Waals surface area contributed by atoms with E-state index in [0.717, 1.165) is 18.8 Å². The maximum Gasteiger partial charge on any atom is 0.286 e. The zero-order chi connectivity index (χ0) is 22.1. The second-order valence-corrected chi connectivity index (χ2v) is 6.81. The summed E-state index contributed by atoms with van der Waals surface area (Å²) in [7, 11) is 0. The first-order valence-electron chi connectivity index (χ1n) is 10.5. The molecule has 1 fully saturated rings. The third kappa shape index (κ3) is 6.14. The zero-order valence-electron chi connectivity index (χ0n) is 17.9. The molecule has 0 bridgehead atoms. The first-order valence-corrected chi connectivity index (χ1v) is 10.5. The van der Waals surface area contributed by atoms with Crippen LogP contribution >= 0.6 is 0 Å². The number of furan rings is 1. The second kappa shape index (κ2) is 11.3. The predicted molar refractivity (Wildman–Crippen MR) is 116 cm³/mol. The molecule has 0 atom stereocenters. The van der Waals surface area contributed by atoms with Crippen molar-refractivity contribution in [2.24, 2.45) is 0 Å². The van der Waals surface area contributed by atoms with Crippen molar-refractivity contribution < 1.29 is 28.2 Å². The molecule has 1 aromatic carbocycles. The molecule has 1 aliphatic rings. The van der Waals surface area contributed by atoms with Gasteiger partial charge in [-0.25, -0.2) is 0 Å². The minimum absolute atomic E-state index is 0.104. The van der Waals surface area contributed by atoms with Crippen LogP contribution in [0.25, 0.3) is 0 Å². The molecular formula is C22H29N3O6. The van der Waals surface area contributed by atoms with Crippen LogP contribution in [0.15, 0.2) is 34.9 Å². The molecule has 31 heavy (non-hydrogen) atoms. The van der Waals surface area contributed by atoms with Crippen LogP contribution in [0.3, 0.4) is 0 Å². The van der Waals surface area contributed by atoms with Crippen LogP contribution in [0.2, 0.25) is 0 Å². The van der Waals surface area contributed by atoms with Crippen LogP contribution < -0.4 is 25.0 Å². The first-order chi connectivity index (χ1) is 15.1. The van der Waals surface area contributed by atoms with E-state index in [4.69, 9.17) is 18.6 Å². The molecule has 1 saturated heterocycles. The smallest absolute Gasteiger partial charge is 0.286 e. The number of morpholine rings is 1. The Hall–Kier alpha value is -3.20. The van der Waals surface area contributed by atoms with Crippen molar-refractivity contribution in [3.63, 3.8) is 0 Å². The molecule has 2 aromatic rings. The summed E-state index contributed by atoms with van der Waals surface area (Å²) in [5.74, 6) is 0.845. The minimum atomic E-state index is -0.360. The first kappa shape index (κ1) is 22.5. The predicted octanol–water partition coefficient (Wildman–Crippen LogP) is 2.67. The topological polar surface area (TPSA) is 102 Å². The number of benzene rings is 1. The molecule has 168 valence electrons. The fourth-order valence-electron chi connectivity index (χ4n) is 3.24. The van der Waals surface area contributed by atoms with Gasteiger partial charge in [0.2, 0.25) is 5.91 Å². The summed E-state index contributed by atoms with van der Waals surface area (Å²) < 4.78 is 22.1. The van der Waals surface area contributed by atoms with E-state index in [1.807, 2.05) is 19.9 Å². The number of hydrogen-bond acceptors (Lipinski definition) is 7. The summed E-state index contributed by atoms with van der Waals surface area (Å²) in [5, 5.41) is 5.53. The zero-order valence-corrected chi connectivity index (χ0v) is 17.9. The monoisotopic (exact) mass is 431 g/mol. The summed E-state index contributed by atoms with van der Waals surface area (Å²) in [6, 6.07) is 6.88. The van der Waals surface area contributed by atoms with Gasteiger partial charge in [0.1, 0.15) is 11.5 Å². The van der Waals surface area contributed by atoms with E-state index >= 15 is 0 Å². The number of nitrogens with zero attached hydrogens (tertiary/aromatic N) is 1. The molecule has 0 unspecified atom stereocenters. The van der Waals surface area contributed by atoms with Gasteiger partial charge in [0.15, 0.2) is 5.76 Å². The van der Waals surface area contributed by atoms with E-state index < -0.39 is 0 Å². The van der Waals surface area contributed by atoms with Gasteiger partial charge in [0.25, 0.3) is 5.91 Å². The number of ether oxygens (including phenoxy) is 3. The highest BCUT2D eigenvalue weighted by Crippen LogP contribution is 2.39. The number of nitrogens with one attached hydrogen (secondary N) is 2.